The van der Waals surface area contributed by atoms with Gasteiger partial charge in [-0.05, 0) is 24.2 Å². The van der Waals surface area contributed by atoms with Gasteiger partial charge in [-0.15, -0.1) is 0 Å². The Labute approximate surface area is 183 Å². The third-order valence-electron chi connectivity index (χ3n) is 5.06. The van der Waals surface area contributed by atoms with Crippen LogP contribution >= 0.6 is 11.6 Å². The van der Waals surface area contributed by atoms with Gasteiger partial charge in [0.25, 0.3) is 5.91 Å². The molecule has 0 fully saturated rings. The van der Waals surface area contributed by atoms with Gasteiger partial charge in [0.05, 0.1) is 20.8 Å². The van der Waals surface area contributed by atoms with Crippen molar-refractivity contribution >= 4 is 42.6 Å². The lowest BCUT2D eigenvalue weighted by molar-refractivity contribution is -0.112. The third-order valence-corrected chi connectivity index (χ3v) is 9.84. The van der Waals surface area contributed by atoms with Crippen molar-refractivity contribution in [2.45, 2.75) is 45.3 Å². The number of nitrogens with one attached hydrogen (secondary N) is 2. The fraction of sp³-hybridized carbons (Fsp3) is 0.579. The molecule has 0 atom stereocenters. The van der Waals surface area contributed by atoms with Crippen LogP contribution in [0.5, 0.6) is 11.8 Å². The summed E-state index contributed by atoms with van der Waals surface area (Å²) < 4.78 is 16.8. The smallest absolute Gasteiger partial charge is 0.274 e. The first kappa shape index (κ1) is 24.1. The van der Waals surface area contributed by atoms with Gasteiger partial charge in [-0.25, -0.2) is 4.99 Å². The van der Waals surface area contributed by atoms with Crippen LogP contribution in [0.4, 0.5) is 11.6 Å². The lowest BCUT2D eigenvalue weighted by Gasteiger charge is -2.36. The van der Waals surface area contributed by atoms with Crippen LogP contribution in [0.1, 0.15) is 27.2 Å². The van der Waals surface area contributed by atoms with E-state index >= 15 is 0 Å². The number of hydrogen-bond donors (Lipinski definition) is 2. The highest BCUT2D eigenvalue weighted by molar-refractivity contribution is 6.74. The SMILES string of the molecule is COc1nc(NCCO[Si](C)(C)C(C)(C)C)nc(OC)c1NC(=O)C1=CCC(Cl)=N1. The fourth-order valence-corrected chi connectivity index (χ4v) is 3.53. The molecule has 1 aliphatic rings. The maximum atomic E-state index is 12.4. The van der Waals surface area contributed by atoms with Crippen LogP contribution in [0.25, 0.3) is 0 Å². The van der Waals surface area contributed by atoms with Gasteiger partial charge in [0.1, 0.15) is 10.9 Å². The summed E-state index contributed by atoms with van der Waals surface area (Å²) in [5.41, 5.74) is 0.432. The molecule has 1 amide bonds. The lowest BCUT2D eigenvalue weighted by atomic mass is 10.2. The molecule has 0 aromatic carbocycles. The zero-order chi connectivity index (χ0) is 22.5. The second kappa shape index (κ2) is 9.76. The molecule has 2 N–H and O–H groups in total. The van der Waals surface area contributed by atoms with Crippen LogP contribution in [0.2, 0.25) is 18.1 Å². The van der Waals surface area contributed by atoms with Crippen molar-refractivity contribution in [1.29, 1.82) is 0 Å². The van der Waals surface area contributed by atoms with Crippen molar-refractivity contribution in [3.05, 3.63) is 11.8 Å². The Morgan fingerprint density at radius 1 is 1.20 bits per heavy atom. The summed E-state index contributed by atoms with van der Waals surface area (Å²) in [6, 6.07) is 0. The zero-order valence-corrected chi connectivity index (χ0v) is 20.3. The number of rotatable bonds is 9. The van der Waals surface area contributed by atoms with Crippen LogP contribution in [-0.2, 0) is 9.22 Å². The van der Waals surface area contributed by atoms with E-state index in [0.29, 0.717) is 30.7 Å². The van der Waals surface area contributed by atoms with E-state index < -0.39 is 14.2 Å². The molecule has 0 saturated carbocycles. The Bertz CT molecular complexity index is 827. The average Bonchev–Trinajstić information content (AvgIpc) is 3.11. The van der Waals surface area contributed by atoms with Gasteiger partial charge in [0, 0.05) is 13.0 Å². The second-order valence-electron chi connectivity index (χ2n) is 8.21. The van der Waals surface area contributed by atoms with Crippen LogP contribution < -0.4 is 20.1 Å². The number of methoxy groups -OCH3 is 2. The molecule has 0 unspecified atom stereocenters. The minimum absolute atomic E-state index is 0.138. The summed E-state index contributed by atoms with van der Waals surface area (Å²) in [6.45, 7) is 12.0. The van der Waals surface area contributed by atoms with Gasteiger partial charge in [0.2, 0.25) is 17.7 Å². The van der Waals surface area contributed by atoms with Gasteiger partial charge in [-0.1, -0.05) is 32.4 Å². The molecule has 0 aliphatic carbocycles. The summed E-state index contributed by atoms with van der Waals surface area (Å²) in [7, 11) is 1.07. The molecule has 11 heteroatoms. The second-order valence-corrected chi connectivity index (χ2v) is 13.5. The molecule has 166 valence electrons. The molecule has 1 aromatic rings. The van der Waals surface area contributed by atoms with E-state index in [0.717, 1.165) is 0 Å². The number of halogens is 1. The van der Waals surface area contributed by atoms with E-state index in [-0.39, 0.29) is 28.2 Å². The van der Waals surface area contributed by atoms with E-state index in [1.165, 1.54) is 14.2 Å². The maximum absolute atomic E-state index is 12.4. The number of aromatic nitrogens is 2. The Morgan fingerprint density at radius 2 is 1.80 bits per heavy atom. The van der Waals surface area contributed by atoms with Crippen LogP contribution in [0, 0.1) is 0 Å². The molecule has 0 radical (unpaired) electrons. The normalized spacial score (nSPS) is 14.1. The van der Waals surface area contributed by atoms with Crippen LogP contribution in [0.3, 0.4) is 0 Å². The van der Waals surface area contributed by atoms with Crippen molar-refractivity contribution in [1.82, 2.24) is 9.97 Å². The highest BCUT2D eigenvalue weighted by atomic mass is 35.5. The summed E-state index contributed by atoms with van der Waals surface area (Å²) in [5.74, 6) is 0.185. The molecule has 1 aliphatic heterocycles. The van der Waals surface area contributed by atoms with E-state index in [1.807, 2.05) is 0 Å². The Hall–Kier alpha value is -2.17. The number of hydrogen-bond acceptors (Lipinski definition) is 8. The number of carbonyl (C=O) groups excluding carboxylic acids is 1. The maximum Gasteiger partial charge on any atom is 0.274 e. The van der Waals surface area contributed by atoms with Crippen LogP contribution in [0.15, 0.2) is 16.8 Å². The number of nitrogens with zero attached hydrogens (tertiary/aromatic N) is 3. The Balaban J connectivity index is 2.08. The van der Waals surface area contributed by atoms with E-state index in [9.17, 15) is 4.79 Å². The predicted octanol–water partition coefficient (Wildman–Crippen LogP) is 3.79. The number of carbonyl (C=O) groups is 1. The Morgan fingerprint density at radius 3 is 2.27 bits per heavy atom. The molecule has 0 saturated heterocycles. The standard InChI is InChI=1S/C19H30ClN5O4Si/c1-19(2,3)30(6,7)29-11-10-21-18-24-16(27-4)14(17(25-18)28-5)23-15(26)12-8-9-13(20)22-12/h8H,9-11H2,1-7H3,(H,23,26)(H,21,24,25). The molecule has 2 rings (SSSR count). The molecule has 30 heavy (non-hydrogen) atoms. The monoisotopic (exact) mass is 455 g/mol. The van der Waals surface area contributed by atoms with Crippen molar-refractivity contribution < 1.29 is 18.7 Å². The number of allylic oxidation sites excluding steroid dienone is 1. The average molecular weight is 456 g/mol. The number of anilines is 2. The topological polar surface area (TPSA) is 107 Å². The van der Waals surface area contributed by atoms with Gasteiger partial charge in [-0.3, -0.25) is 4.79 Å². The van der Waals surface area contributed by atoms with Gasteiger partial charge in [0.15, 0.2) is 14.0 Å². The first-order valence-corrected chi connectivity index (χ1v) is 12.9. The Kier molecular flexibility index (Phi) is 7.84. The van der Waals surface area contributed by atoms with Gasteiger partial charge in [-0.2, -0.15) is 9.97 Å². The highest BCUT2D eigenvalue weighted by Crippen LogP contribution is 2.36. The third kappa shape index (κ3) is 5.93. The molecule has 0 bridgehead atoms. The first-order chi connectivity index (χ1) is 14.0. The van der Waals surface area contributed by atoms with Crippen molar-refractivity contribution in [2.24, 2.45) is 4.99 Å². The first-order valence-electron chi connectivity index (χ1n) is 9.61. The fourth-order valence-electron chi connectivity index (χ4n) is 2.31. The van der Waals surface area contributed by atoms with Gasteiger partial charge >= 0.3 is 0 Å². The number of ether oxygens (including phenoxy) is 2. The highest BCUT2D eigenvalue weighted by Gasteiger charge is 2.36. The minimum Gasteiger partial charge on any atom is -0.479 e. The molecule has 9 nitrogen and oxygen atoms in total. The molecular formula is C19H30ClN5O4Si. The number of amides is 1. The summed E-state index contributed by atoms with van der Waals surface area (Å²) >= 11 is 5.83. The largest absolute Gasteiger partial charge is 0.479 e. The zero-order valence-electron chi connectivity index (χ0n) is 18.6. The summed E-state index contributed by atoms with van der Waals surface area (Å²) in [4.78, 5) is 25.0. The summed E-state index contributed by atoms with van der Waals surface area (Å²) in [6.07, 6.45) is 2.06. The predicted molar refractivity (Wildman–Crippen MR) is 121 cm³/mol. The quantitative estimate of drug-likeness (QED) is 0.430. The lowest BCUT2D eigenvalue weighted by Crippen LogP contribution is -2.41. The van der Waals surface area contributed by atoms with E-state index in [4.69, 9.17) is 25.5 Å². The molecule has 0 spiro atoms. The molecule has 2 heterocycles. The van der Waals surface area contributed by atoms with Crippen molar-refractivity contribution in [2.75, 3.05) is 38.0 Å². The van der Waals surface area contributed by atoms with E-state index in [1.54, 1.807) is 6.08 Å². The van der Waals surface area contributed by atoms with Crippen molar-refractivity contribution in [3.63, 3.8) is 0 Å². The minimum atomic E-state index is -1.83. The van der Waals surface area contributed by atoms with E-state index in [2.05, 4.69) is 59.5 Å². The van der Waals surface area contributed by atoms with Crippen LogP contribution in [-0.4, -0.2) is 56.7 Å². The molecular weight excluding hydrogens is 426 g/mol. The van der Waals surface area contributed by atoms with Gasteiger partial charge < -0.3 is 24.5 Å². The molecule has 1 aromatic heterocycles. The summed E-state index contributed by atoms with van der Waals surface area (Å²) in [5, 5.41) is 6.28. The van der Waals surface area contributed by atoms with Crippen molar-refractivity contribution in [3.8, 4) is 11.8 Å². The number of aliphatic imine (C=N–C) groups is 1.